The summed E-state index contributed by atoms with van der Waals surface area (Å²) in [7, 11) is 0. The molecule has 0 unspecified atom stereocenters. The minimum absolute atomic E-state index is 0.942. The standard InChI is InChI=1S/C28H23N3/c1-18-12-14-21(15-13-18)26-25-19(2)30-31(22-9-4-3-5-10-22)28(25)29-24-17-16-20-8-6-7-11-23(20)27(24)26/h3-15H,16-17H2,1-2H3. The summed E-state index contributed by atoms with van der Waals surface area (Å²) < 4.78 is 2.00. The largest absolute Gasteiger partial charge is 0.232 e. The average molecular weight is 402 g/mol. The third-order valence-electron chi connectivity index (χ3n) is 6.32. The molecule has 0 bridgehead atoms. The molecule has 5 aromatic rings. The molecule has 150 valence electrons. The van der Waals surface area contributed by atoms with Crippen LogP contribution in [0.4, 0.5) is 0 Å². The molecule has 1 aliphatic rings. The van der Waals surface area contributed by atoms with Crippen molar-refractivity contribution in [2.45, 2.75) is 26.7 Å². The Hall–Kier alpha value is -3.72. The summed E-state index contributed by atoms with van der Waals surface area (Å²) in [5, 5.41) is 6.09. The van der Waals surface area contributed by atoms with Crippen molar-refractivity contribution in [1.29, 1.82) is 0 Å². The van der Waals surface area contributed by atoms with Crippen molar-refractivity contribution in [3.05, 3.63) is 101 Å². The quantitative estimate of drug-likeness (QED) is 0.339. The van der Waals surface area contributed by atoms with Gasteiger partial charge in [0, 0.05) is 11.1 Å². The first-order valence-electron chi connectivity index (χ1n) is 10.8. The van der Waals surface area contributed by atoms with E-state index in [1.165, 1.54) is 39.1 Å². The number of nitrogens with zero attached hydrogens (tertiary/aromatic N) is 3. The maximum Gasteiger partial charge on any atom is 0.164 e. The summed E-state index contributed by atoms with van der Waals surface area (Å²) in [4.78, 5) is 5.22. The number of rotatable bonds is 2. The fourth-order valence-electron chi connectivity index (χ4n) is 4.83. The van der Waals surface area contributed by atoms with Crippen molar-refractivity contribution < 1.29 is 0 Å². The van der Waals surface area contributed by atoms with Gasteiger partial charge in [0.15, 0.2) is 5.65 Å². The van der Waals surface area contributed by atoms with Crippen LogP contribution in [-0.2, 0) is 12.8 Å². The monoisotopic (exact) mass is 401 g/mol. The van der Waals surface area contributed by atoms with Crippen LogP contribution in [0.15, 0.2) is 78.9 Å². The van der Waals surface area contributed by atoms with E-state index in [0.717, 1.165) is 35.3 Å². The third kappa shape index (κ3) is 2.81. The fourth-order valence-corrected chi connectivity index (χ4v) is 4.83. The molecule has 2 aromatic heterocycles. The summed E-state index contributed by atoms with van der Waals surface area (Å²) in [5.74, 6) is 0. The molecule has 0 N–H and O–H groups in total. The second-order valence-corrected chi connectivity index (χ2v) is 8.36. The van der Waals surface area contributed by atoms with E-state index < -0.39 is 0 Å². The van der Waals surface area contributed by atoms with Crippen molar-refractivity contribution in [3.8, 4) is 27.9 Å². The third-order valence-corrected chi connectivity index (χ3v) is 6.32. The highest BCUT2D eigenvalue weighted by Gasteiger charge is 2.26. The average Bonchev–Trinajstić information content (AvgIpc) is 3.15. The predicted octanol–water partition coefficient (Wildman–Crippen LogP) is 6.47. The van der Waals surface area contributed by atoms with Crippen LogP contribution in [0.2, 0.25) is 0 Å². The van der Waals surface area contributed by atoms with Crippen LogP contribution < -0.4 is 0 Å². The van der Waals surface area contributed by atoms with Gasteiger partial charge in [0.25, 0.3) is 0 Å². The van der Waals surface area contributed by atoms with Gasteiger partial charge in [-0.3, -0.25) is 0 Å². The van der Waals surface area contributed by atoms with Gasteiger partial charge in [-0.25, -0.2) is 9.67 Å². The number of aromatic nitrogens is 3. The summed E-state index contributed by atoms with van der Waals surface area (Å²) in [6.07, 6.45) is 1.97. The Morgan fingerprint density at radius 3 is 2.29 bits per heavy atom. The Morgan fingerprint density at radius 2 is 1.48 bits per heavy atom. The number of fused-ring (bicyclic) bond motifs is 4. The van der Waals surface area contributed by atoms with Crippen LogP contribution >= 0.6 is 0 Å². The predicted molar refractivity (Wildman–Crippen MR) is 127 cm³/mol. The second kappa shape index (κ2) is 6.92. The first-order chi connectivity index (χ1) is 15.2. The van der Waals surface area contributed by atoms with Crippen molar-refractivity contribution in [1.82, 2.24) is 14.8 Å². The van der Waals surface area contributed by atoms with Gasteiger partial charge in [0.2, 0.25) is 0 Å². The molecule has 6 rings (SSSR count). The summed E-state index contributed by atoms with van der Waals surface area (Å²) in [6.45, 7) is 4.23. The maximum atomic E-state index is 5.22. The van der Waals surface area contributed by atoms with Crippen LogP contribution in [0.25, 0.3) is 39.0 Å². The van der Waals surface area contributed by atoms with Crippen molar-refractivity contribution in [2.24, 2.45) is 0 Å². The minimum Gasteiger partial charge on any atom is -0.232 e. The normalized spacial score (nSPS) is 12.6. The van der Waals surface area contributed by atoms with E-state index >= 15 is 0 Å². The SMILES string of the molecule is Cc1ccc(-c2c3c(nc4c2c(C)nn4-c2ccccc2)CCc2ccccc2-3)cc1. The number of aryl methyl sites for hydroxylation is 4. The molecule has 3 heteroatoms. The van der Waals surface area contributed by atoms with Gasteiger partial charge in [0.05, 0.1) is 22.5 Å². The Balaban J connectivity index is 1.76. The first-order valence-corrected chi connectivity index (χ1v) is 10.8. The van der Waals surface area contributed by atoms with E-state index in [4.69, 9.17) is 10.1 Å². The molecular weight excluding hydrogens is 378 g/mol. The highest BCUT2D eigenvalue weighted by Crippen LogP contribution is 2.44. The molecule has 3 aromatic carbocycles. The van der Waals surface area contributed by atoms with Crippen LogP contribution in [0.3, 0.4) is 0 Å². The van der Waals surface area contributed by atoms with E-state index in [1.54, 1.807) is 0 Å². The molecule has 0 saturated heterocycles. The molecule has 3 nitrogen and oxygen atoms in total. The van der Waals surface area contributed by atoms with Gasteiger partial charge in [-0.2, -0.15) is 5.10 Å². The summed E-state index contributed by atoms with van der Waals surface area (Å²) >= 11 is 0. The van der Waals surface area contributed by atoms with Gasteiger partial charge in [0.1, 0.15) is 0 Å². The minimum atomic E-state index is 0.942. The van der Waals surface area contributed by atoms with E-state index in [2.05, 4.69) is 74.5 Å². The first kappa shape index (κ1) is 18.1. The lowest BCUT2D eigenvalue weighted by Crippen LogP contribution is -2.09. The zero-order valence-corrected chi connectivity index (χ0v) is 17.8. The molecule has 0 atom stereocenters. The molecule has 31 heavy (non-hydrogen) atoms. The molecule has 1 aliphatic carbocycles. The Kier molecular flexibility index (Phi) is 4.03. The molecule has 0 amide bonds. The summed E-state index contributed by atoms with van der Waals surface area (Å²) in [5.41, 5.74) is 11.9. The zero-order valence-electron chi connectivity index (χ0n) is 17.8. The number of para-hydroxylation sites is 1. The van der Waals surface area contributed by atoms with Gasteiger partial charge in [-0.1, -0.05) is 72.3 Å². The van der Waals surface area contributed by atoms with Crippen molar-refractivity contribution in [3.63, 3.8) is 0 Å². The zero-order chi connectivity index (χ0) is 20.9. The van der Waals surface area contributed by atoms with Gasteiger partial charge in [-0.05, 0) is 55.5 Å². The molecular formula is C28H23N3. The van der Waals surface area contributed by atoms with Crippen molar-refractivity contribution >= 4 is 11.0 Å². The van der Waals surface area contributed by atoms with Crippen LogP contribution in [0.5, 0.6) is 0 Å². The van der Waals surface area contributed by atoms with Crippen LogP contribution in [-0.4, -0.2) is 14.8 Å². The fraction of sp³-hybridized carbons (Fsp3) is 0.143. The van der Waals surface area contributed by atoms with Crippen molar-refractivity contribution in [2.75, 3.05) is 0 Å². The van der Waals surface area contributed by atoms with Crippen LogP contribution in [0.1, 0.15) is 22.5 Å². The molecule has 0 saturated carbocycles. The van der Waals surface area contributed by atoms with E-state index in [-0.39, 0.29) is 0 Å². The highest BCUT2D eigenvalue weighted by atomic mass is 15.3. The van der Waals surface area contributed by atoms with E-state index in [0.29, 0.717) is 0 Å². The number of pyridine rings is 1. The lowest BCUT2D eigenvalue weighted by molar-refractivity contribution is 0.859. The molecule has 0 radical (unpaired) electrons. The second-order valence-electron chi connectivity index (χ2n) is 8.36. The Labute approximate surface area is 182 Å². The Bertz CT molecular complexity index is 1430. The lowest BCUT2D eigenvalue weighted by atomic mass is 9.82. The van der Waals surface area contributed by atoms with E-state index in [9.17, 15) is 0 Å². The molecule has 0 aliphatic heterocycles. The Morgan fingerprint density at radius 1 is 0.742 bits per heavy atom. The van der Waals surface area contributed by atoms with E-state index in [1.807, 2.05) is 22.9 Å². The van der Waals surface area contributed by atoms with Gasteiger partial charge in [-0.15, -0.1) is 0 Å². The topological polar surface area (TPSA) is 30.7 Å². The van der Waals surface area contributed by atoms with Gasteiger partial charge >= 0.3 is 0 Å². The summed E-state index contributed by atoms with van der Waals surface area (Å²) in [6, 6.07) is 27.9. The number of benzene rings is 3. The highest BCUT2D eigenvalue weighted by molar-refractivity contribution is 6.04. The van der Waals surface area contributed by atoms with Crippen LogP contribution in [0, 0.1) is 13.8 Å². The molecule has 2 heterocycles. The smallest absolute Gasteiger partial charge is 0.164 e. The molecule has 0 fully saturated rings. The molecule has 0 spiro atoms. The number of hydrogen-bond acceptors (Lipinski definition) is 2. The van der Waals surface area contributed by atoms with Gasteiger partial charge < -0.3 is 0 Å². The maximum absolute atomic E-state index is 5.22. The number of hydrogen-bond donors (Lipinski definition) is 0. The lowest BCUT2D eigenvalue weighted by Gasteiger charge is -2.23.